The van der Waals surface area contributed by atoms with Crippen molar-refractivity contribution in [1.82, 2.24) is 0 Å². The number of rotatable bonds is 2. The maximum atomic E-state index is 11.2. The molecule has 2 aromatic rings. The maximum Gasteiger partial charge on any atom is 0.248 e. The highest BCUT2D eigenvalue weighted by atomic mass is 16.6. The van der Waals surface area contributed by atoms with Crippen LogP contribution in [0.2, 0.25) is 0 Å². The molecule has 108 valence electrons. The average molecular weight is 284 g/mol. The van der Waals surface area contributed by atoms with Crippen molar-refractivity contribution in [1.29, 1.82) is 0 Å². The molecule has 0 aliphatic carbocycles. The molecule has 1 amide bonds. The summed E-state index contributed by atoms with van der Waals surface area (Å²) in [6.07, 6.45) is -0.222. The molecule has 0 fully saturated rings. The fourth-order valence-electron chi connectivity index (χ4n) is 2.25. The minimum atomic E-state index is -0.491. The van der Waals surface area contributed by atoms with E-state index in [-0.39, 0.29) is 6.10 Å². The molecule has 1 heterocycles. The molecule has 0 aromatic heterocycles. The van der Waals surface area contributed by atoms with E-state index in [0.717, 1.165) is 16.8 Å². The van der Waals surface area contributed by atoms with Gasteiger partial charge in [-0.3, -0.25) is 4.79 Å². The van der Waals surface area contributed by atoms with Crippen LogP contribution in [0.15, 0.2) is 36.4 Å². The van der Waals surface area contributed by atoms with Crippen molar-refractivity contribution in [2.45, 2.75) is 13.0 Å². The third kappa shape index (κ3) is 2.50. The number of benzene rings is 2. The molecular formula is C16H16N2O3. The summed E-state index contributed by atoms with van der Waals surface area (Å²) in [4.78, 5) is 11.2. The van der Waals surface area contributed by atoms with Crippen molar-refractivity contribution in [3.8, 4) is 11.5 Å². The largest absolute Gasteiger partial charge is 0.485 e. The molecule has 21 heavy (non-hydrogen) atoms. The third-order valence-corrected chi connectivity index (χ3v) is 3.56. The summed E-state index contributed by atoms with van der Waals surface area (Å²) in [5, 5.41) is 0. The number of primary amides is 1. The fraction of sp³-hybridized carbons (Fsp3) is 0.188. The van der Waals surface area contributed by atoms with E-state index in [9.17, 15) is 4.79 Å². The standard InChI is InChI=1S/C16H16N2O3/c1-9-2-3-10(6-12(9)17)15-8-20-14-7-11(16(18)19)4-5-13(14)21-15/h2-7,15H,8,17H2,1H3,(H2,18,19). The average Bonchev–Trinajstić information content (AvgIpc) is 2.49. The number of hydrogen-bond donors (Lipinski definition) is 2. The Morgan fingerprint density at radius 3 is 2.71 bits per heavy atom. The molecule has 0 spiro atoms. The van der Waals surface area contributed by atoms with E-state index < -0.39 is 5.91 Å². The van der Waals surface area contributed by atoms with Gasteiger partial charge in [-0.2, -0.15) is 0 Å². The summed E-state index contributed by atoms with van der Waals surface area (Å²) in [5.41, 5.74) is 14.3. The van der Waals surface area contributed by atoms with Crippen LogP contribution in [0, 0.1) is 6.92 Å². The number of aryl methyl sites for hydroxylation is 1. The number of nitrogen functional groups attached to an aromatic ring is 1. The lowest BCUT2D eigenvalue weighted by Gasteiger charge is -2.27. The van der Waals surface area contributed by atoms with E-state index in [4.69, 9.17) is 20.9 Å². The zero-order valence-corrected chi connectivity index (χ0v) is 11.6. The number of anilines is 1. The molecule has 1 aliphatic rings. The van der Waals surface area contributed by atoms with Crippen LogP contribution >= 0.6 is 0 Å². The molecule has 1 aliphatic heterocycles. The maximum absolute atomic E-state index is 11.2. The van der Waals surface area contributed by atoms with Crippen molar-refractivity contribution in [2.75, 3.05) is 12.3 Å². The van der Waals surface area contributed by atoms with Gasteiger partial charge >= 0.3 is 0 Å². The van der Waals surface area contributed by atoms with Gasteiger partial charge in [0, 0.05) is 11.3 Å². The molecule has 2 aromatic carbocycles. The SMILES string of the molecule is Cc1ccc(C2COc3cc(C(N)=O)ccc3O2)cc1N. The predicted molar refractivity (Wildman–Crippen MR) is 79.4 cm³/mol. The summed E-state index contributed by atoms with van der Waals surface area (Å²) in [5.74, 6) is 0.632. The lowest BCUT2D eigenvalue weighted by atomic mass is 10.1. The van der Waals surface area contributed by atoms with Gasteiger partial charge in [-0.05, 0) is 42.3 Å². The molecule has 1 atom stereocenters. The van der Waals surface area contributed by atoms with Crippen LogP contribution in [0.25, 0.3) is 0 Å². The predicted octanol–water partition coefficient (Wildman–Crippen LogP) is 2.19. The fourth-order valence-corrected chi connectivity index (χ4v) is 2.25. The van der Waals surface area contributed by atoms with Crippen LogP contribution in [-0.2, 0) is 0 Å². The van der Waals surface area contributed by atoms with Gasteiger partial charge in [0.15, 0.2) is 17.6 Å². The third-order valence-electron chi connectivity index (χ3n) is 3.56. The Kier molecular flexibility index (Phi) is 3.17. The first kappa shape index (κ1) is 13.3. The van der Waals surface area contributed by atoms with Crippen LogP contribution < -0.4 is 20.9 Å². The topological polar surface area (TPSA) is 87.6 Å². The zero-order valence-electron chi connectivity index (χ0n) is 11.6. The number of amides is 1. The molecule has 0 saturated heterocycles. The van der Waals surface area contributed by atoms with Crippen LogP contribution in [0.5, 0.6) is 11.5 Å². The first-order valence-corrected chi connectivity index (χ1v) is 6.64. The van der Waals surface area contributed by atoms with Crippen LogP contribution in [0.4, 0.5) is 5.69 Å². The van der Waals surface area contributed by atoms with E-state index in [1.54, 1.807) is 18.2 Å². The van der Waals surface area contributed by atoms with E-state index in [1.807, 2.05) is 25.1 Å². The number of ether oxygens (including phenoxy) is 2. The van der Waals surface area contributed by atoms with Crippen LogP contribution in [0.3, 0.4) is 0 Å². The molecule has 0 saturated carbocycles. The quantitative estimate of drug-likeness (QED) is 0.827. The Labute approximate surface area is 122 Å². The minimum Gasteiger partial charge on any atom is -0.485 e. The van der Waals surface area contributed by atoms with Crippen molar-refractivity contribution in [3.63, 3.8) is 0 Å². The summed E-state index contributed by atoms with van der Waals surface area (Å²) < 4.78 is 11.6. The van der Waals surface area contributed by atoms with E-state index in [0.29, 0.717) is 23.7 Å². The molecular weight excluding hydrogens is 268 g/mol. The Morgan fingerprint density at radius 1 is 1.19 bits per heavy atom. The van der Waals surface area contributed by atoms with Gasteiger partial charge in [0.25, 0.3) is 0 Å². The molecule has 1 unspecified atom stereocenters. The molecule has 0 bridgehead atoms. The highest BCUT2D eigenvalue weighted by Crippen LogP contribution is 2.37. The molecule has 0 radical (unpaired) electrons. The summed E-state index contributed by atoms with van der Waals surface area (Å²) in [6, 6.07) is 10.7. The van der Waals surface area contributed by atoms with Gasteiger partial charge in [-0.25, -0.2) is 0 Å². The number of nitrogens with two attached hydrogens (primary N) is 2. The highest BCUT2D eigenvalue weighted by molar-refractivity contribution is 5.93. The Hall–Kier alpha value is -2.69. The normalized spacial score (nSPS) is 16.5. The van der Waals surface area contributed by atoms with Gasteiger partial charge in [0.1, 0.15) is 6.61 Å². The van der Waals surface area contributed by atoms with Gasteiger partial charge < -0.3 is 20.9 Å². The minimum absolute atomic E-state index is 0.222. The van der Waals surface area contributed by atoms with Crippen LogP contribution in [0.1, 0.15) is 27.6 Å². The number of fused-ring (bicyclic) bond motifs is 1. The monoisotopic (exact) mass is 284 g/mol. The summed E-state index contributed by atoms with van der Waals surface area (Å²) >= 11 is 0. The molecule has 4 N–H and O–H groups in total. The van der Waals surface area contributed by atoms with Gasteiger partial charge in [0.05, 0.1) is 0 Å². The Bertz CT molecular complexity index is 713. The van der Waals surface area contributed by atoms with Crippen molar-refractivity contribution >= 4 is 11.6 Å². The lowest BCUT2D eigenvalue weighted by molar-refractivity contribution is 0.0905. The van der Waals surface area contributed by atoms with E-state index >= 15 is 0 Å². The Balaban J connectivity index is 1.87. The van der Waals surface area contributed by atoms with Gasteiger partial charge in [-0.15, -0.1) is 0 Å². The second-order valence-corrected chi connectivity index (χ2v) is 5.06. The molecule has 5 nitrogen and oxygen atoms in total. The van der Waals surface area contributed by atoms with Crippen LogP contribution in [-0.4, -0.2) is 12.5 Å². The summed E-state index contributed by atoms with van der Waals surface area (Å²) in [6.45, 7) is 2.32. The molecule has 5 heteroatoms. The highest BCUT2D eigenvalue weighted by Gasteiger charge is 2.23. The first-order chi connectivity index (χ1) is 10.0. The van der Waals surface area contributed by atoms with E-state index in [2.05, 4.69) is 0 Å². The zero-order chi connectivity index (χ0) is 15.0. The summed E-state index contributed by atoms with van der Waals surface area (Å²) in [7, 11) is 0. The van der Waals surface area contributed by atoms with Crippen molar-refractivity contribution in [2.24, 2.45) is 5.73 Å². The lowest BCUT2D eigenvalue weighted by Crippen LogP contribution is -2.22. The van der Waals surface area contributed by atoms with Gasteiger partial charge in [-0.1, -0.05) is 12.1 Å². The van der Waals surface area contributed by atoms with Crippen molar-refractivity contribution in [3.05, 3.63) is 53.1 Å². The van der Waals surface area contributed by atoms with E-state index in [1.165, 1.54) is 0 Å². The first-order valence-electron chi connectivity index (χ1n) is 6.64. The smallest absolute Gasteiger partial charge is 0.248 e. The van der Waals surface area contributed by atoms with Crippen molar-refractivity contribution < 1.29 is 14.3 Å². The molecule has 3 rings (SSSR count). The Morgan fingerprint density at radius 2 is 2.00 bits per heavy atom. The second-order valence-electron chi connectivity index (χ2n) is 5.06. The number of hydrogen-bond acceptors (Lipinski definition) is 4. The number of carbonyl (C=O) groups is 1. The second kappa shape index (κ2) is 5.01. The number of carbonyl (C=O) groups excluding carboxylic acids is 1. The van der Waals surface area contributed by atoms with Gasteiger partial charge in [0.2, 0.25) is 5.91 Å².